The molecule has 0 aliphatic carbocycles. The molecule has 0 heterocycles. The van der Waals surface area contributed by atoms with E-state index < -0.39 is 7.82 Å². The van der Waals surface area contributed by atoms with Crippen molar-refractivity contribution in [1.29, 1.82) is 0 Å². The van der Waals surface area contributed by atoms with Crippen LogP contribution in [0.15, 0.2) is 0 Å². The maximum atomic E-state index is 8.88. The van der Waals surface area contributed by atoms with E-state index in [0.717, 1.165) is 25.0 Å². The van der Waals surface area contributed by atoms with Gasteiger partial charge in [-0.15, -0.1) is 0 Å². The maximum Gasteiger partial charge on any atom is 1.00 e. The molecule has 0 unspecified atom stereocenters. The molecule has 43 heavy (non-hydrogen) atoms. The Labute approximate surface area is 314 Å². The predicted molar refractivity (Wildman–Crippen MR) is 185 cm³/mol. The molecule has 7 heteroatoms. The van der Waals surface area contributed by atoms with Gasteiger partial charge >= 0.3 is 59.2 Å². The first kappa shape index (κ1) is 49.1. The Hall–Kier alpha value is 1.71. The van der Waals surface area contributed by atoms with Gasteiger partial charge in [-0.3, -0.25) is 0 Å². The molecule has 0 aromatic heterocycles. The van der Waals surface area contributed by atoms with Gasteiger partial charge in [0.25, 0.3) is 0 Å². The Morgan fingerprint density at radius 2 is 0.628 bits per heavy atom. The van der Waals surface area contributed by atoms with Crippen molar-refractivity contribution in [3.05, 3.63) is 0 Å². The van der Waals surface area contributed by atoms with Crippen LogP contribution in [0.2, 0.25) is 0 Å². The third-order valence-electron chi connectivity index (χ3n) is 8.57. The molecule has 0 aromatic carbocycles. The Morgan fingerprint density at radius 1 is 0.442 bits per heavy atom. The van der Waals surface area contributed by atoms with E-state index in [1.165, 1.54) is 180 Å². The first-order valence-corrected chi connectivity index (χ1v) is 20.2. The molecule has 0 aliphatic heterocycles. The Kier molecular flexibility index (Phi) is 45.5. The molecule has 3 N–H and O–H groups in total. The van der Waals surface area contributed by atoms with Gasteiger partial charge in [-0.2, -0.15) is 0 Å². The van der Waals surface area contributed by atoms with Crippen molar-refractivity contribution >= 4 is 7.82 Å². The topological polar surface area (TPSA) is 87.0 Å². The number of ether oxygens (including phenoxy) is 1. The van der Waals surface area contributed by atoms with Crippen LogP contribution < -0.4 is 51.4 Å². The fourth-order valence-corrected chi connectivity index (χ4v) is 5.88. The molecule has 0 saturated heterocycles. The minimum Gasteiger partial charge on any atom is -1.00 e. The summed E-state index contributed by atoms with van der Waals surface area (Å²) in [5, 5.41) is 0. The van der Waals surface area contributed by atoms with E-state index in [1.807, 2.05) is 0 Å². The molecule has 0 aromatic rings. The van der Waals surface area contributed by atoms with Crippen LogP contribution in [-0.2, 0) is 9.30 Å². The van der Waals surface area contributed by atoms with Crippen molar-refractivity contribution in [2.45, 2.75) is 207 Å². The number of rotatable bonds is 32. The van der Waals surface area contributed by atoms with Crippen molar-refractivity contribution in [1.82, 2.24) is 0 Å². The molecule has 258 valence electrons. The van der Waals surface area contributed by atoms with E-state index in [-0.39, 0.29) is 52.8 Å². The molecule has 0 bridgehead atoms. The van der Waals surface area contributed by atoms with E-state index in [4.69, 9.17) is 24.0 Å². The molecular formula is C36H78KO5P. The zero-order valence-corrected chi connectivity index (χ0v) is 34.0. The Morgan fingerprint density at radius 3 is 0.837 bits per heavy atom. The second-order valence-corrected chi connectivity index (χ2v) is 14.0. The van der Waals surface area contributed by atoms with Crippen molar-refractivity contribution in [3.63, 3.8) is 0 Å². The Balaban J connectivity index is -0.00000105. The average molecular weight is 661 g/mol. The van der Waals surface area contributed by atoms with Crippen molar-refractivity contribution in [3.8, 4) is 0 Å². The van der Waals surface area contributed by atoms with Crippen molar-refractivity contribution < 1.29 is 76.8 Å². The van der Waals surface area contributed by atoms with Crippen LogP contribution in [0.4, 0.5) is 0 Å². The minimum atomic E-state index is -4.64. The van der Waals surface area contributed by atoms with E-state index in [9.17, 15) is 0 Å². The number of unbranched alkanes of at least 4 members (excludes halogenated alkanes) is 20. The fraction of sp³-hybridized carbons (Fsp3) is 1.00. The second-order valence-electron chi connectivity index (χ2n) is 13.0. The fourth-order valence-electron chi connectivity index (χ4n) is 5.88. The second kappa shape index (κ2) is 39.9. The molecule has 0 atom stereocenters. The molecule has 5 nitrogen and oxygen atoms in total. The summed E-state index contributed by atoms with van der Waals surface area (Å²) in [6.45, 7) is 11.3. The molecule has 0 aliphatic rings. The summed E-state index contributed by atoms with van der Waals surface area (Å²) in [4.78, 5) is 21.6. The molecule has 0 rings (SSSR count). The van der Waals surface area contributed by atoms with Crippen molar-refractivity contribution in [2.24, 2.45) is 11.8 Å². The molecular weight excluding hydrogens is 582 g/mol. The van der Waals surface area contributed by atoms with Crippen LogP contribution in [0.3, 0.4) is 0 Å². The van der Waals surface area contributed by atoms with Gasteiger partial charge in [-0.1, -0.05) is 182 Å². The quantitative estimate of drug-likeness (QED) is 0.0380. The predicted octanol–water partition coefficient (Wildman–Crippen LogP) is 9.43. The minimum absolute atomic E-state index is 0. The molecule has 0 amide bonds. The largest absolute Gasteiger partial charge is 1.00 e. The number of phosphoric acid groups is 1. The van der Waals surface area contributed by atoms with Gasteiger partial charge in [-0.25, -0.2) is 4.57 Å². The summed E-state index contributed by atoms with van der Waals surface area (Å²) >= 11 is 0. The molecule has 0 saturated carbocycles. The summed E-state index contributed by atoms with van der Waals surface area (Å²) in [6.07, 6.45) is 39.7. The van der Waals surface area contributed by atoms with Crippen molar-refractivity contribution in [2.75, 3.05) is 13.2 Å². The summed E-state index contributed by atoms with van der Waals surface area (Å²) in [7, 11) is -4.64. The van der Waals surface area contributed by atoms with Gasteiger partial charge in [0.05, 0.1) is 0 Å². The van der Waals surface area contributed by atoms with Gasteiger partial charge in [0, 0.05) is 13.2 Å². The van der Waals surface area contributed by atoms with E-state index in [2.05, 4.69) is 27.7 Å². The maximum absolute atomic E-state index is 8.88. The third kappa shape index (κ3) is 48.2. The number of hydrogen-bond acceptors (Lipinski definition) is 2. The van der Waals surface area contributed by atoms with Crippen LogP contribution in [0.5, 0.6) is 0 Å². The molecule has 0 fully saturated rings. The van der Waals surface area contributed by atoms with Crippen LogP contribution in [-0.4, -0.2) is 27.9 Å². The van der Waals surface area contributed by atoms with E-state index >= 15 is 0 Å². The van der Waals surface area contributed by atoms with Gasteiger partial charge in [0.2, 0.25) is 0 Å². The van der Waals surface area contributed by atoms with Gasteiger partial charge in [-0.05, 0) is 37.5 Å². The summed E-state index contributed by atoms with van der Waals surface area (Å²) in [5.74, 6) is 1.61. The van der Waals surface area contributed by atoms with Crippen LogP contribution in [0, 0.1) is 11.8 Å². The molecule has 0 spiro atoms. The number of hydrogen-bond donors (Lipinski definition) is 3. The first-order chi connectivity index (χ1) is 20.3. The molecule has 0 radical (unpaired) electrons. The van der Waals surface area contributed by atoms with Gasteiger partial charge in [0.15, 0.2) is 0 Å². The summed E-state index contributed by atoms with van der Waals surface area (Å²) < 4.78 is 15.4. The van der Waals surface area contributed by atoms with Crippen LogP contribution in [0.1, 0.15) is 209 Å². The Bertz CT molecular complexity index is 476. The van der Waals surface area contributed by atoms with E-state index in [0.29, 0.717) is 0 Å². The van der Waals surface area contributed by atoms with E-state index in [1.54, 1.807) is 0 Å². The monoisotopic (exact) mass is 661 g/mol. The van der Waals surface area contributed by atoms with Crippen LogP contribution >= 0.6 is 7.82 Å². The summed E-state index contributed by atoms with van der Waals surface area (Å²) in [5.41, 5.74) is 0. The normalized spacial score (nSPS) is 11.6. The van der Waals surface area contributed by atoms with Gasteiger partial charge in [0.1, 0.15) is 0 Å². The van der Waals surface area contributed by atoms with Gasteiger partial charge < -0.3 is 20.8 Å². The van der Waals surface area contributed by atoms with Crippen LogP contribution in [0.25, 0.3) is 0 Å². The SMILES string of the molecule is CCCCCCCCC(CCCCCCCC)COCC(CCCCCCCC)CCCCCCCC.O=P(O)(O)O.[H-].[K+]. The first-order valence-electron chi connectivity index (χ1n) is 18.6. The third-order valence-corrected chi connectivity index (χ3v) is 8.57. The average Bonchev–Trinajstić information content (AvgIpc) is 2.94. The zero-order chi connectivity index (χ0) is 31.6. The zero-order valence-electron chi connectivity index (χ0n) is 31.0. The standard InChI is InChI=1S/C36H74O.K.H3O4P.H/c1-5-9-13-17-21-25-29-35(30-26-22-18-14-10-6-2)33-37-34-36(31-27-23-19-15-11-7-3)32-28-24-20-16-12-8-4;;1-5(2,3)4;/h35-36H,5-34H2,1-4H3;;(H3,1,2,3,4);/q;+1;;-1. The smallest absolute Gasteiger partial charge is 1.00 e. The summed E-state index contributed by atoms with van der Waals surface area (Å²) in [6, 6.07) is 0.